The van der Waals surface area contributed by atoms with Crippen LogP contribution in [-0.4, -0.2) is 23.4 Å². The molecule has 0 bridgehead atoms. The van der Waals surface area contributed by atoms with E-state index in [1.165, 1.54) is 0 Å². The van der Waals surface area contributed by atoms with Crippen molar-refractivity contribution in [1.29, 1.82) is 0 Å². The van der Waals surface area contributed by atoms with E-state index in [1.807, 2.05) is 0 Å². The molecule has 0 aromatic heterocycles. The number of alkyl halides is 1. The van der Waals surface area contributed by atoms with Crippen LogP contribution in [0.1, 0.15) is 0 Å². The Bertz CT molecular complexity index is 54.8. The van der Waals surface area contributed by atoms with Gasteiger partial charge in [-0.2, -0.15) is 0 Å². The van der Waals surface area contributed by atoms with Crippen LogP contribution < -0.4 is 0 Å². The van der Waals surface area contributed by atoms with Gasteiger partial charge in [-0.3, -0.25) is 0 Å². The van der Waals surface area contributed by atoms with E-state index < -0.39 is 0 Å². The van der Waals surface area contributed by atoms with Gasteiger partial charge in [-0.25, -0.2) is 0 Å². The zero-order valence-electron chi connectivity index (χ0n) is 3.10. The van der Waals surface area contributed by atoms with Gasteiger partial charge in [0.25, 0.3) is 0 Å². The second kappa shape index (κ2) is 1.37. The van der Waals surface area contributed by atoms with Gasteiger partial charge in [0.15, 0.2) is 5.56 Å². The van der Waals surface area contributed by atoms with Crippen molar-refractivity contribution >= 4 is 11.6 Å². The Labute approximate surface area is 40.7 Å². The predicted octanol–water partition coefficient (Wildman–Crippen LogP) is -0.0576. The topological polar surface area (TPSA) is 32.8 Å². The third-order valence-corrected chi connectivity index (χ3v) is 1.08. The fourth-order valence-corrected chi connectivity index (χ4v) is 0.459. The minimum Gasteiger partial charge on any atom is -0.394 e. The lowest BCUT2D eigenvalue weighted by molar-refractivity contribution is 0.243. The maximum Gasteiger partial charge on any atom is 0.160 e. The van der Waals surface area contributed by atoms with Crippen LogP contribution in [0, 0.1) is 0 Å². The van der Waals surface area contributed by atoms with Crippen LogP contribution in [0.3, 0.4) is 0 Å². The van der Waals surface area contributed by atoms with E-state index in [4.69, 9.17) is 16.7 Å². The molecule has 2 atom stereocenters. The molecule has 0 radical (unpaired) electrons. The van der Waals surface area contributed by atoms with Gasteiger partial charge in [0.2, 0.25) is 0 Å². The molecular weight excluding hydrogens is 103 g/mol. The zero-order chi connectivity index (χ0) is 4.57. The second-order valence-electron chi connectivity index (χ2n) is 1.21. The predicted molar refractivity (Wildman–Crippen MR) is 21.6 cm³/mol. The summed E-state index contributed by atoms with van der Waals surface area (Å²) >= 11 is 5.27. The van der Waals surface area contributed by atoms with Crippen molar-refractivity contribution in [3.05, 3.63) is 0 Å². The summed E-state index contributed by atoms with van der Waals surface area (Å²) in [5.74, 6) is 0. The van der Waals surface area contributed by atoms with Gasteiger partial charge in [-0.15, -0.1) is 0 Å². The Morgan fingerprint density at radius 3 is 2.33 bits per heavy atom. The lowest BCUT2D eigenvalue weighted by Crippen LogP contribution is -1.92. The smallest absolute Gasteiger partial charge is 0.160 e. The zero-order valence-corrected chi connectivity index (χ0v) is 3.85. The molecule has 1 aliphatic heterocycles. The number of epoxide rings is 1. The molecule has 1 N–H and O–H groups in total. The van der Waals surface area contributed by atoms with Crippen molar-refractivity contribution in [3.8, 4) is 0 Å². The molecule has 1 rings (SSSR count). The van der Waals surface area contributed by atoms with Gasteiger partial charge in [-0.05, 0) is 0 Å². The Morgan fingerprint density at radius 2 is 2.33 bits per heavy atom. The molecule has 3 heteroatoms. The normalized spacial score (nSPS) is 43.0. The molecular formula is C3H5ClO2. The number of hydrogen-bond acceptors (Lipinski definition) is 2. The van der Waals surface area contributed by atoms with Crippen molar-refractivity contribution in [2.24, 2.45) is 0 Å². The summed E-state index contributed by atoms with van der Waals surface area (Å²) in [6.07, 6.45) is -0.0772. The third kappa shape index (κ3) is 0.644. The highest BCUT2D eigenvalue weighted by Crippen LogP contribution is 2.24. The van der Waals surface area contributed by atoms with Crippen molar-refractivity contribution in [2.45, 2.75) is 11.7 Å². The molecule has 0 saturated carbocycles. The Hall–Kier alpha value is 0.210. The van der Waals surface area contributed by atoms with Gasteiger partial charge in [0.1, 0.15) is 6.10 Å². The number of halogens is 1. The molecule has 0 aliphatic carbocycles. The van der Waals surface area contributed by atoms with E-state index in [-0.39, 0.29) is 18.3 Å². The SMILES string of the molecule is OC[C@H]1OC1Cl. The summed E-state index contributed by atoms with van der Waals surface area (Å²) < 4.78 is 4.58. The molecule has 1 unspecified atom stereocenters. The molecule has 6 heavy (non-hydrogen) atoms. The van der Waals surface area contributed by atoms with Crippen molar-refractivity contribution in [1.82, 2.24) is 0 Å². The fourth-order valence-electron chi connectivity index (χ4n) is 0.248. The van der Waals surface area contributed by atoms with Crippen LogP contribution in [-0.2, 0) is 4.74 Å². The van der Waals surface area contributed by atoms with Crippen molar-refractivity contribution in [2.75, 3.05) is 6.61 Å². The molecule has 0 aromatic carbocycles. The first-order valence-electron chi connectivity index (χ1n) is 1.75. The van der Waals surface area contributed by atoms with Gasteiger partial charge in [0, 0.05) is 0 Å². The minimum absolute atomic E-state index is 0.0498. The van der Waals surface area contributed by atoms with Crippen molar-refractivity contribution < 1.29 is 9.84 Å². The maximum absolute atomic E-state index is 8.17. The lowest BCUT2D eigenvalue weighted by Gasteiger charge is -1.71. The first kappa shape index (κ1) is 4.37. The molecule has 1 aliphatic rings. The van der Waals surface area contributed by atoms with E-state index >= 15 is 0 Å². The highest BCUT2D eigenvalue weighted by Gasteiger charge is 2.35. The first-order chi connectivity index (χ1) is 2.84. The van der Waals surface area contributed by atoms with Crippen LogP contribution in [0.15, 0.2) is 0 Å². The minimum atomic E-state index is -0.213. The summed E-state index contributed by atoms with van der Waals surface area (Å²) in [5, 5.41) is 8.17. The summed E-state index contributed by atoms with van der Waals surface area (Å²) in [5.41, 5.74) is -0.213. The fraction of sp³-hybridized carbons (Fsp3) is 1.00. The Balaban J connectivity index is 2.09. The highest BCUT2D eigenvalue weighted by molar-refractivity contribution is 6.21. The van der Waals surface area contributed by atoms with E-state index in [0.29, 0.717) is 0 Å². The Kier molecular flexibility index (Phi) is 0.998. The number of aliphatic hydroxyl groups is 1. The molecule has 1 heterocycles. The molecule has 0 amide bonds. The largest absolute Gasteiger partial charge is 0.394 e. The molecule has 1 fully saturated rings. The molecule has 0 spiro atoms. The summed E-state index contributed by atoms with van der Waals surface area (Å²) in [4.78, 5) is 0. The standard InChI is InChI=1S/C3H5ClO2/c4-3-2(1-5)6-3/h2-3,5H,1H2/t2-,3?/m1/s1. The molecule has 2 nitrogen and oxygen atoms in total. The lowest BCUT2D eigenvalue weighted by atomic mass is 10.5. The number of aliphatic hydroxyl groups excluding tert-OH is 1. The number of hydrogen-bond donors (Lipinski definition) is 1. The summed E-state index contributed by atoms with van der Waals surface area (Å²) in [6.45, 7) is 0.0498. The van der Waals surface area contributed by atoms with Crippen LogP contribution in [0.5, 0.6) is 0 Å². The van der Waals surface area contributed by atoms with E-state index in [0.717, 1.165) is 0 Å². The third-order valence-electron chi connectivity index (χ3n) is 0.700. The maximum atomic E-state index is 8.17. The average Bonchev–Trinajstić information content (AvgIpc) is 2.19. The summed E-state index contributed by atoms with van der Waals surface area (Å²) in [7, 11) is 0. The van der Waals surface area contributed by atoms with Gasteiger partial charge < -0.3 is 9.84 Å². The van der Waals surface area contributed by atoms with Crippen LogP contribution in [0.25, 0.3) is 0 Å². The van der Waals surface area contributed by atoms with E-state index in [2.05, 4.69) is 4.74 Å². The number of ether oxygens (including phenoxy) is 1. The van der Waals surface area contributed by atoms with E-state index in [9.17, 15) is 0 Å². The molecule has 0 aromatic rings. The highest BCUT2D eigenvalue weighted by atomic mass is 35.5. The average molecular weight is 109 g/mol. The quantitative estimate of drug-likeness (QED) is 0.377. The van der Waals surface area contributed by atoms with E-state index in [1.54, 1.807) is 0 Å². The second-order valence-corrected chi connectivity index (χ2v) is 1.64. The summed E-state index contributed by atoms with van der Waals surface area (Å²) in [6, 6.07) is 0. The monoisotopic (exact) mass is 108 g/mol. The molecule has 36 valence electrons. The van der Waals surface area contributed by atoms with Crippen LogP contribution in [0.4, 0.5) is 0 Å². The van der Waals surface area contributed by atoms with Gasteiger partial charge in [-0.1, -0.05) is 11.6 Å². The first-order valence-corrected chi connectivity index (χ1v) is 2.18. The van der Waals surface area contributed by atoms with Gasteiger partial charge >= 0.3 is 0 Å². The van der Waals surface area contributed by atoms with Gasteiger partial charge in [0.05, 0.1) is 6.61 Å². The van der Waals surface area contributed by atoms with Crippen molar-refractivity contribution in [3.63, 3.8) is 0 Å². The van der Waals surface area contributed by atoms with Crippen LogP contribution in [0.2, 0.25) is 0 Å². The van der Waals surface area contributed by atoms with Crippen LogP contribution >= 0.6 is 11.6 Å². The Morgan fingerprint density at radius 1 is 1.83 bits per heavy atom. The molecule has 1 saturated heterocycles. The number of rotatable bonds is 1.